The fourth-order valence-corrected chi connectivity index (χ4v) is 1.39. The Kier molecular flexibility index (Phi) is 5.39. The van der Waals surface area contributed by atoms with Crippen molar-refractivity contribution in [2.75, 3.05) is 13.6 Å². The topological polar surface area (TPSA) is 3.24 Å². The highest BCUT2D eigenvalue weighted by Gasteiger charge is 1.99. The highest BCUT2D eigenvalue weighted by atomic mass is 15.0. The molecule has 0 aliphatic rings. The van der Waals surface area contributed by atoms with E-state index in [1.165, 1.54) is 18.3 Å². The summed E-state index contributed by atoms with van der Waals surface area (Å²) in [5, 5.41) is 0. The van der Waals surface area contributed by atoms with E-state index in [0.29, 0.717) is 0 Å². The molecule has 0 fully saturated rings. The number of nitrogens with zero attached hydrogens (tertiary/aromatic N) is 1. The SMILES string of the molecule is CCC[B]N(C)CCc1ccccc1. The van der Waals surface area contributed by atoms with E-state index in [4.69, 9.17) is 0 Å². The molecule has 0 unspecified atom stereocenters. The lowest BCUT2D eigenvalue weighted by molar-refractivity contribution is 0.534. The molecule has 0 spiro atoms. The predicted octanol–water partition coefficient (Wildman–Crippen LogP) is 2.61. The Morgan fingerprint density at radius 2 is 1.93 bits per heavy atom. The molecule has 1 aromatic rings. The summed E-state index contributed by atoms with van der Waals surface area (Å²) < 4.78 is 0. The molecule has 0 aromatic heterocycles. The van der Waals surface area contributed by atoms with Crippen LogP contribution in [0.25, 0.3) is 0 Å². The molecule has 14 heavy (non-hydrogen) atoms. The van der Waals surface area contributed by atoms with Crippen LogP contribution in [0.4, 0.5) is 0 Å². The fourth-order valence-electron chi connectivity index (χ4n) is 1.39. The normalized spacial score (nSPS) is 10.5. The number of likely N-dealkylation sites (N-methyl/N-ethyl adjacent to an activating group) is 1. The molecule has 0 heterocycles. The summed E-state index contributed by atoms with van der Waals surface area (Å²) in [5.74, 6) is 0. The minimum Gasteiger partial charge on any atom is -0.349 e. The van der Waals surface area contributed by atoms with E-state index in [-0.39, 0.29) is 0 Å². The lowest BCUT2D eigenvalue weighted by atomic mass is 9.85. The Hall–Kier alpha value is -0.755. The van der Waals surface area contributed by atoms with E-state index in [1.807, 2.05) is 0 Å². The lowest BCUT2D eigenvalue weighted by Crippen LogP contribution is -2.25. The highest BCUT2D eigenvalue weighted by Crippen LogP contribution is 2.00. The largest absolute Gasteiger partial charge is 0.349 e. The summed E-state index contributed by atoms with van der Waals surface area (Å²) in [5.41, 5.74) is 1.42. The average molecular weight is 188 g/mol. The van der Waals surface area contributed by atoms with E-state index in [2.05, 4.69) is 56.5 Å². The molecule has 0 saturated carbocycles. The summed E-state index contributed by atoms with van der Waals surface area (Å²) >= 11 is 0. The summed E-state index contributed by atoms with van der Waals surface area (Å²) in [6.45, 7) is 3.32. The fraction of sp³-hybridized carbons (Fsp3) is 0.500. The van der Waals surface area contributed by atoms with Crippen molar-refractivity contribution in [3.63, 3.8) is 0 Å². The smallest absolute Gasteiger partial charge is 0.208 e. The maximum atomic E-state index is 2.29. The molecule has 1 nitrogen and oxygen atoms in total. The molecular weight excluding hydrogens is 169 g/mol. The molecule has 0 aliphatic carbocycles. The van der Waals surface area contributed by atoms with Crippen molar-refractivity contribution in [1.29, 1.82) is 0 Å². The zero-order valence-corrected chi connectivity index (χ0v) is 9.24. The maximum Gasteiger partial charge on any atom is 0.208 e. The molecule has 0 bridgehead atoms. The van der Waals surface area contributed by atoms with Gasteiger partial charge >= 0.3 is 0 Å². The molecule has 0 aliphatic heterocycles. The Bertz CT molecular complexity index is 235. The second-order valence-electron chi connectivity index (χ2n) is 3.69. The minimum atomic E-state index is 1.12. The third-order valence-electron chi connectivity index (χ3n) is 2.33. The van der Waals surface area contributed by atoms with Gasteiger partial charge in [-0.15, -0.1) is 0 Å². The van der Waals surface area contributed by atoms with Crippen LogP contribution >= 0.6 is 0 Å². The summed E-state index contributed by atoms with van der Waals surface area (Å²) in [6.07, 6.45) is 3.55. The Morgan fingerprint density at radius 3 is 2.57 bits per heavy atom. The van der Waals surface area contributed by atoms with Gasteiger partial charge in [0.2, 0.25) is 7.41 Å². The second-order valence-corrected chi connectivity index (χ2v) is 3.69. The van der Waals surface area contributed by atoms with Gasteiger partial charge in [0.25, 0.3) is 0 Å². The molecule has 0 amide bonds. The third-order valence-corrected chi connectivity index (χ3v) is 2.33. The molecule has 1 rings (SSSR count). The van der Waals surface area contributed by atoms with Crippen LogP contribution in [0.1, 0.15) is 18.9 Å². The van der Waals surface area contributed by atoms with E-state index >= 15 is 0 Å². The first-order valence-electron chi connectivity index (χ1n) is 5.40. The van der Waals surface area contributed by atoms with E-state index < -0.39 is 0 Å². The zero-order chi connectivity index (χ0) is 10.2. The van der Waals surface area contributed by atoms with Gasteiger partial charge in [-0.1, -0.05) is 50.0 Å². The van der Waals surface area contributed by atoms with Crippen molar-refractivity contribution in [3.05, 3.63) is 35.9 Å². The number of hydrogen-bond donors (Lipinski definition) is 0. The van der Waals surface area contributed by atoms with Gasteiger partial charge in [0, 0.05) is 0 Å². The molecule has 0 N–H and O–H groups in total. The van der Waals surface area contributed by atoms with Gasteiger partial charge in [-0.2, -0.15) is 0 Å². The molecule has 75 valence electrons. The highest BCUT2D eigenvalue weighted by molar-refractivity contribution is 6.31. The van der Waals surface area contributed by atoms with E-state index in [9.17, 15) is 0 Å². The Labute approximate surface area is 88.4 Å². The van der Waals surface area contributed by atoms with Crippen LogP contribution in [0.3, 0.4) is 0 Å². The van der Waals surface area contributed by atoms with Crippen molar-refractivity contribution in [2.45, 2.75) is 26.1 Å². The molecule has 1 radical (unpaired) electrons. The minimum absolute atomic E-state index is 1.12. The van der Waals surface area contributed by atoms with E-state index in [0.717, 1.165) is 13.0 Å². The first-order valence-corrected chi connectivity index (χ1v) is 5.40. The van der Waals surface area contributed by atoms with Crippen LogP contribution in [0.15, 0.2) is 30.3 Å². The molecule has 1 aromatic carbocycles. The molecule has 2 heteroatoms. The quantitative estimate of drug-likeness (QED) is 0.620. The van der Waals surface area contributed by atoms with E-state index in [1.54, 1.807) is 0 Å². The van der Waals surface area contributed by atoms with Crippen LogP contribution in [0.2, 0.25) is 6.32 Å². The number of hydrogen-bond acceptors (Lipinski definition) is 1. The van der Waals surface area contributed by atoms with Gasteiger partial charge in [0.05, 0.1) is 0 Å². The van der Waals surface area contributed by atoms with Crippen molar-refractivity contribution in [1.82, 2.24) is 4.81 Å². The average Bonchev–Trinajstić information content (AvgIpc) is 2.25. The summed E-state index contributed by atoms with van der Waals surface area (Å²) in [6, 6.07) is 10.6. The molecular formula is C12H19BN. The van der Waals surface area contributed by atoms with Crippen LogP contribution in [-0.2, 0) is 6.42 Å². The van der Waals surface area contributed by atoms with Crippen LogP contribution in [0, 0.1) is 0 Å². The Balaban J connectivity index is 2.20. The van der Waals surface area contributed by atoms with Crippen molar-refractivity contribution in [2.24, 2.45) is 0 Å². The van der Waals surface area contributed by atoms with Crippen LogP contribution in [-0.4, -0.2) is 25.8 Å². The number of benzene rings is 1. The van der Waals surface area contributed by atoms with Crippen LogP contribution < -0.4 is 0 Å². The monoisotopic (exact) mass is 188 g/mol. The molecule has 0 saturated heterocycles. The van der Waals surface area contributed by atoms with Gasteiger partial charge in [-0.05, 0) is 25.6 Å². The van der Waals surface area contributed by atoms with Gasteiger partial charge in [0.15, 0.2) is 0 Å². The third kappa shape index (κ3) is 4.47. The van der Waals surface area contributed by atoms with Gasteiger partial charge in [-0.25, -0.2) is 0 Å². The maximum absolute atomic E-state index is 2.29. The van der Waals surface area contributed by atoms with Crippen LogP contribution in [0.5, 0.6) is 0 Å². The Morgan fingerprint density at radius 1 is 1.21 bits per heavy atom. The first kappa shape index (κ1) is 11.3. The van der Waals surface area contributed by atoms with Crippen molar-refractivity contribution >= 4 is 7.41 Å². The van der Waals surface area contributed by atoms with Gasteiger partial charge < -0.3 is 4.81 Å². The lowest BCUT2D eigenvalue weighted by Gasteiger charge is -2.14. The summed E-state index contributed by atoms with van der Waals surface area (Å²) in [7, 11) is 4.43. The zero-order valence-electron chi connectivity index (χ0n) is 9.24. The summed E-state index contributed by atoms with van der Waals surface area (Å²) in [4.78, 5) is 2.29. The second kappa shape index (κ2) is 6.66. The first-order chi connectivity index (χ1) is 6.83. The number of rotatable bonds is 6. The molecule has 0 atom stereocenters. The van der Waals surface area contributed by atoms with Gasteiger partial charge in [-0.3, -0.25) is 0 Å². The standard InChI is InChI=1S/C12H19BN/c1-3-10-13-14(2)11-9-12-7-5-4-6-8-12/h4-8H,3,9-11H2,1-2H3. The van der Waals surface area contributed by atoms with Crippen molar-refractivity contribution in [3.8, 4) is 0 Å². The van der Waals surface area contributed by atoms with Crippen molar-refractivity contribution < 1.29 is 0 Å². The van der Waals surface area contributed by atoms with Gasteiger partial charge in [0.1, 0.15) is 0 Å². The predicted molar refractivity (Wildman–Crippen MR) is 63.6 cm³/mol.